The van der Waals surface area contributed by atoms with Crippen LogP contribution in [-0.2, 0) is 0 Å². The molecular formula is C16H23N3. The van der Waals surface area contributed by atoms with Crippen molar-refractivity contribution in [2.75, 3.05) is 52.9 Å². The number of benzene rings is 1. The Morgan fingerprint density at radius 2 is 1.95 bits per heavy atom. The molecule has 1 saturated heterocycles. The Kier molecular flexibility index (Phi) is 5.90. The van der Waals surface area contributed by atoms with E-state index in [0.717, 1.165) is 38.3 Å². The lowest BCUT2D eigenvalue weighted by Gasteiger charge is -2.28. The van der Waals surface area contributed by atoms with Crippen molar-refractivity contribution in [3.8, 4) is 11.8 Å². The van der Waals surface area contributed by atoms with Gasteiger partial charge in [-0.3, -0.25) is 9.80 Å². The summed E-state index contributed by atoms with van der Waals surface area (Å²) in [6.45, 7) is 7.65. The van der Waals surface area contributed by atoms with E-state index in [2.05, 4.69) is 34.0 Å². The van der Waals surface area contributed by atoms with Gasteiger partial charge in [0.25, 0.3) is 0 Å². The van der Waals surface area contributed by atoms with Gasteiger partial charge in [0, 0.05) is 44.8 Å². The number of rotatable bonds is 4. The van der Waals surface area contributed by atoms with Crippen LogP contribution in [0.15, 0.2) is 30.3 Å². The molecule has 0 aromatic heterocycles. The molecule has 1 aliphatic heterocycles. The molecule has 0 aliphatic carbocycles. The maximum absolute atomic E-state index is 3.38. The first-order valence-corrected chi connectivity index (χ1v) is 7.00. The highest BCUT2D eigenvalue weighted by Crippen LogP contribution is 1.95. The molecule has 102 valence electrons. The third-order valence-corrected chi connectivity index (χ3v) is 3.36. The van der Waals surface area contributed by atoms with E-state index in [0.29, 0.717) is 0 Å². The van der Waals surface area contributed by atoms with E-state index < -0.39 is 0 Å². The lowest BCUT2D eigenvalue weighted by molar-refractivity contribution is 0.212. The minimum atomic E-state index is 0.834. The molecule has 0 bridgehead atoms. The second-order valence-corrected chi connectivity index (χ2v) is 5.00. The fraction of sp³-hybridized carbons (Fsp3) is 0.500. The third-order valence-electron chi connectivity index (χ3n) is 3.36. The first-order valence-electron chi connectivity index (χ1n) is 7.00. The minimum Gasteiger partial charge on any atom is -0.314 e. The number of likely N-dealkylation sites (N-methyl/N-ethyl adjacent to an activating group) is 1. The molecule has 0 amide bonds. The predicted octanol–water partition coefficient (Wildman–Crippen LogP) is 0.875. The Morgan fingerprint density at radius 1 is 1.21 bits per heavy atom. The largest absolute Gasteiger partial charge is 0.314 e. The van der Waals surface area contributed by atoms with E-state index in [4.69, 9.17) is 0 Å². The van der Waals surface area contributed by atoms with Crippen LogP contribution >= 0.6 is 0 Å². The molecule has 1 aliphatic rings. The molecule has 3 heteroatoms. The average molecular weight is 257 g/mol. The summed E-state index contributed by atoms with van der Waals surface area (Å²) in [6, 6.07) is 10.2. The molecule has 0 unspecified atom stereocenters. The molecule has 19 heavy (non-hydrogen) atoms. The molecule has 1 fully saturated rings. The van der Waals surface area contributed by atoms with Crippen LogP contribution in [0.4, 0.5) is 0 Å². The Bertz CT molecular complexity index is 413. The average Bonchev–Trinajstić information content (AvgIpc) is 2.47. The third kappa shape index (κ3) is 5.44. The maximum Gasteiger partial charge on any atom is 0.0603 e. The van der Waals surface area contributed by atoms with Gasteiger partial charge in [0.05, 0.1) is 6.54 Å². The van der Waals surface area contributed by atoms with E-state index in [1.54, 1.807) is 0 Å². The zero-order valence-corrected chi connectivity index (χ0v) is 11.7. The van der Waals surface area contributed by atoms with Crippen molar-refractivity contribution in [2.45, 2.75) is 0 Å². The van der Waals surface area contributed by atoms with E-state index in [1.807, 2.05) is 30.3 Å². The molecule has 1 heterocycles. The fourth-order valence-electron chi connectivity index (χ4n) is 2.12. The summed E-state index contributed by atoms with van der Waals surface area (Å²) >= 11 is 0. The molecular weight excluding hydrogens is 234 g/mol. The van der Waals surface area contributed by atoms with Crippen molar-refractivity contribution in [2.24, 2.45) is 0 Å². The predicted molar refractivity (Wildman–Crippen MR) is 80.1 cm³/mol. The van der Waals surface area contributed by atoms with Crippen molar-refractivity contribution < 1.29 is 0 Å². The Labute approximate surface area is 116 Å². The molecule has 0 radical (unpaired) electrons. The van der Waals surface area contributed by atoms with Crippen molar-refractivity contribution in [3.63, 3.8) is 0 Å². The minimum absolute atomic E-state index is 0.834. The van der Waals surface area contributed by atoms with Gasteiger partial charge >= 0.3 is 0 Å². The van der Waals surface area contributed by atoms with E-state index >= 15 is 0 Å². The van der Waals surface area contributed by atoms with Crippen molar-refractivity contribution in [1.29, 1.82) is 0 Å². The van der Waals surface area contributed by atoms with Crippen LogP contribution in [0.1, 0.15) is 5.56 Å². The van der Waals surface area contributed by atoms with Crippen LogP contribution in [0.25, 0.3) is 0 Å². The maximum atomic E-state index is 3.38. The summed E-state index contributed by atoms with van der Waals surface area (Å²) in [5.41, 5.74) is 1.10. The lowest BCUT2D eigenvalue weighted by Crippen LogP contribution is -2.45. The zero-order valence-electron chi connectivity index (χ0n) is 11.7. The van der Waals surface area contributed by atoms with Crippen LogP contribution < -0.4 is 5.32 Å². The summed E-state index contributed by atoms with van der Waals surface area (Å²) < 4.78 is 0. The quantitative estimate of drug-likeness (QED) is 0.808. The standard InChI is InChI=1S/C16H23N3/c1-18(14-15-19-12-9-17-10-13-19)11-5-8-16-6-3-2-4-7-16/h2-4,6-7,17H,9-15H2,1H3. The number of hydrogen-bond acceptors (Lipinski definition) is 3. The Morgan fingerprint density at radius 3 is 2.68 bits per heavy atom. The van der Waals surface area contributed by atoms with Crippen LogP contribution in [0.3, 0.4) is 0 Å². The highest BCUT2D eigenvalue weighted by molar-refractivity contribution is 5.33. The summed E-state index contributed by atoms with van der Waals surface area (Å²) in [5.74, 6) is 6.43. The first kappa shape index (κ1) is 14.1. The second-order valence-electron chi connectivity index (χ2n) is 5.00. The second kappa shape index (κ2) is 7.96. The van der Waals surface area contributed by atoms with Gasteiger partial charge in [0.15, 0.2) is 0 Å². The van der Waals surface area contributed by atoms with Gasteiger partial charge in [-0.25, -0.2) is 0 Å². The fourth-order valence-corrected chi connectivity index (χ4v) is 2.12. The lowest BCUT2D eigenvalue weighted by atomic mass is 10.2. The summed E-state index contributed by atoms with van der Waals surface area (Å²) in [4.78, 5) is 4.80. The number of nitrogens with zero attached hydrogens (tertiary/aromatic N) is 2. The summed E-state index contributed by atoms with van der Waals surface area (Å²) in [6.07, 6.45) is 0. The number of hydrogen-bond donors (Lipinski definition) is 1. The normalized spacial score (nSPS) is 16.1. The van der Waals surface area contributed by atoms with Gasteiger partial charge < -0.3 is 5.32 Å². The van der Waals surface area contributed by atoms with Gasteiger partial charge in [-0.05, 0) is 19.2 Å². The molecule has 0 spiro atoms. The molecule has 1 N–H and O–H groups in total. The topological polar surface area (TPSA) is 18.5 Å². The van der Waals surface area contributed by atoms with E-state index in [9.17, 15) is 0 Å². The van der Waals surface area contributed by atoms with E-state index in [1.165, 1.54) is 13.1 Å². The van der Waals surface area contributed by atoms with Crippen LogP contribution in [-0.4, -0.2) is 62.7 Å². The molecule has 1 aromatic carbocycles. The Hall–Kier alpha value is -1.34. The van der Waals surface area contributed by atoms with Crippen molar-refractivity contribution in [1.82, 2.24) is 15.1 Å². The summed E-state index contributed by atoms with van der Waals surface area (Å²) in [7, 11) is 2.14. The molecule has 3 nitrogen and oxygen atoms in total. The van der Waals surface area contributed by atoms with Crippen LogP contribution in [0, 0.1) is 11.8 Å². The molecule has 0 saturated carbocycles. The molecule has 0 atom stereocenters. The van der Waals surface area contributed by atoms with Crippen LogP contribution in [0.2, 0.25) is 0 Å². The van der Waals surface area contributed by atoms with Crippen molar-refractivity contribution in [3.05, 3.63) is 35.9 Å². The number of piperazine rings is 1. The highest BCUT2D eigenvalue weighted by Gasteiger charge is 2.09. The molecule has 1 aromatic rings. The van der Waals surface area contributed by atoms with Gasteiger partial charge in [-0.15, -0.1) is 0 Å². The first-order chi connectivity index (χ1) is 9.34. The monoisotopic (exact) mass is 257 g/mol. The zero-order chi connectivity index (χ0) is 13.3. The van der Waals surface area contributed by atoms with Gasteiger partial charge in [-0.2, -0.15) is 0 Å². The van der Waals surface area contributed by atoms with E-state index in [-0.39, 0.29) is 0 Å². The van der Waals surface area contributed by atoms with Gasteiger partial charge in [0.1, 0.15) is 0 Å². The summed E-state index contributed by atoms with van der Waals surface area (Å²) in [5, 5.41) is 3.38. The Balaban J connectivity index is 1.67. The van der Waals surface area contributed by atoms with Gasteiger partial charge in [0.2, 0.25) is 0 Å². The highest BCUT2D eigenvalue weighted by atomic mass is 15.2. The van der Waals surface area contributed by atoms with Gasteiger partial charge in [-0.1, -0.05) is 30.0 Å². The SMILES string of the molecule is CN(CC#Cc1ccccc1)CCN1CCNCC1. The number of nitrogens with one attached hydrogen (secondary N) is 1. The smallest absolute Gasteiger partial charge is 0.0603 e. The molecule has 2 rings (SSSR count). The van der Waals surface area contributed by atoms with Crippen molar-refractivity contribution >= 4 is 0 Å². The van der Waals surface area contributed by atoms with Crippen LogP contribution in [0.5, 0.6) is 0 Å².